The first-order valence-corrected chi connectivity index (χ1v) is 6.17. The Labute approximate surface area is 98.8 Å². The Bertz CT molecular complexity index is 291. The summed E-state index contributed by atoms with van der Waals surface area (Å²) in [5.74, 6) is 0.554. The molecular formula is C10H16BrClN2. The lowest BCUT2D eigenvalue weighted by atomic mass is 9.82. The summed E-state index contributed by atoms with van der Waals surface area (Å²) in [7, 11) is 0. The molecule has 0 aromatic carbocycles. The summed E-state index contributed by atoms with van der Waals surface area (Å²) in [6.45, 7) is 7.62. The fourth-order valence-corrected chi connectivity index (χ4v) is 2.55. The second-order valence-corrected chi connectivity index (χ2v) is 5.68. The van der Waals surface area contributed by atoms with Crippen LogP contribution in [0.25, 0.3) is 0 Å². The second-order valence-electron chi connectivity index (χ2n) is 4.60. The third-order valence-corrected chi connectivity index (χ3v) is 3.40. The first-order chi connectivity index (χ1) is 6.43. The normalized spacial score (nSPS) is 14.4. The Balaban J connectivity index is 2.66. The van der Waals surface area contributed by atoms with Crippen molar-refractivity contribution in [2.45, 2.75) is 27.3 Å². The molecule has 4 heteroatoms. The van der Waals surface area contributed by atoms with E-state index in [1.165, 1.54) is 0 Å². The molecule has 0 aliphatic rings. The molecule has 0 radical (unpaired) electrons. The van der Waals surface area contributed by atoms with Crippen molar-refractivity contribution in [1.29, 1.82) is 0 Å². The van der Waals surface area contributed by atoms with Gasteiger partial charge in [-0.1, -0.05) is 48.3 Å². The van der Waals surface area contributed by atoms with Crippen LogP contribution in [0.1, 0.15) is 20.8 Å². The minimum atomic E-state index is 0.280. The third-order valence-electron chi connectivity index (χ3n) is 2.42. The average Bonchev–Trinajstić information content (AvgIpc) is 2.45. The molecule has 0 spiro atoms. The third kappa shape index (κ3) is 3.28. The van der Waals surface area contributed by atoms with Gasteiger partial charge in [0.1, 0.15) is 0 Å². The van der Waals surface area contributed by atoms with Gasteiger partial charge in [-0.25, -0.2) is 0 Å². The van der Waals surface area contributed by atoms with Crippen LogP contribution in [-0.2, 0) is 6.54 Å². The van der Waals surface area contributed by atoms with E-state index in [4.69, 9.17) is 11.6 Å². The Hall–Kier alpha value is -0.0200. The van der Waals surface area contributed by atoms with Crippen LogP contribution in [0, 0.1) is 11.3 Å². The Morgan fingerprint density at radius 3 is 2.57 bits per heavy atom. The van der Waals surface area contributed by atoms with Crippen molar-refractivity contribution in [2.24, 2.45) is 11.3 Å². The van der Waals surface area contributed by atoms with Crippen LogP contribution in [0.15, 0.2) is 12.4 Å². The van der Waals surface area contributed by atoms with Crippen LogP contribution < -0.4 is 0 Å². The molecule has 0 aliphatic carbocycles. The molecule has 0 fully saturated rings. The molecule has 80 valence electrons. The molecular weight excluding hydrogens is 263 g/mol. The Kier molecular flexibility index (Phi) is 4.02. The molecule has 0 saturated heterocycles. The van der Waals surface area contributed by atoms with E-state index < -0.39 is 0 Å². The van der Waals surface area contributed by atoms with Crippen molar-refractivity contribution in [3.05, 3.63) is 17.4 Å². The van der Waals surface area contributed by atoms with Crippen LogP contribution in [0.4, 0.5) is 0 Å². The molecule has 2 nitrogen and oxygen atoms in total. The predicted octanol–water partition coefficient (Wildman–Crippen LogP) is 3.59. The van der Waals surface area contributed by atoms with Gasteiger partial charge in [0.05, 0.1) is 11.2 Å². The first kappa shape index (κ1) is 12.1. The zero-order valence-corrected chi connectivity index (χ0v) is 11.1. The van der Waals surface area contributed by atoms with Crippen molar-refractivity contribution in [3.8, 4) is 0 Å². The van der Waals surface area contributed by atoms with Crippen LogP contribution in [0.3, 0.4) is 0 Å². The molecule has 0 aliphatic heterocycles. The maximum atomic E-state index is 5.81. The van der Waals surface area contributed by atoms with Gasteiger partial charge < -0.3 is 0 Å². The molecule has 14 heavy (non-hydrogen) atoms. The lowest BCUT2D eigenvalue weighted by molar-refractivity contribution is 0.232. The summed E-state index contributed by atoms with van der Waals surface area (Å²) in [4.78, 5) is 0. The van der Waals surface area contributed by atoms with E-state index in [2.05, 4.69) is 41.8 Å². The Morgan fingerprint density at radius 2 is 2.21 bits per heavy atom. The summed E-state index contributed by atoms with van der Waals surface area (Å²) in [6, 6.07) is 0. The molecule has 0 bridgehead atoms. The van der Waals surface area contributed by atoms with Crippen molar-refractivity contribution in [1.82, 2.24) is 9.78 Å². The maximum absolute atomic E-state index is 5.81. The molecule has 1 aromatic heterocycles. The number of hydrogen-bond donors (Lipinski definition) is 0. The number of hydrogen-bond acceptors (Lipinski definition) is 1. The quantitative estimate of drug-likeness (QED) is 0.773. The van der Waals surface area contributed by atoms with Crippen molar-refractivity contribution in [3.63, 3.8) is 0 Å². The fraction of sp³-hybridized carbons (Fsp3) is 0.700. The van der Waals surface area contributed by atoms with Gasteiger partial charge in [-0.05, 0) is 11.3 Å². The molecule has 1 atom stereocenters. The molecule has 0 amide bonds. The summed E-state index contributed by atoms with van der Waals surface area (Å²) in [5.41, 5.74) is 0.280. The van der Waals surface area contributed by atoms with Gasteiger partial charge in [0.2, 0.25) is 0 Å². The fourth-order valence-electron chi connectivity index (χ4n) is 1.22. The van der Waals surface area contributed by atoms with E-state index in [1.807, 2.05) is 10.9 Å². The summed E-state index contributed by atoms with van der Waals surface area (Å²) < 4.78 is 1.90. The van der Waals surface area contributed by atoms with Gasteiger partial charge in [0.25, 0.3) is 0 Å². The molecule has 0 N–H and O–H groups in total. The summed E-state index contributed by atoms with van der Waals surface area (Å²) >= 11 is 9.35. The highest BCUT2D eigenvalue weighted by molar-refractivity contribution is 9.09. The van der Waals surface area contributed by atoms with Gasteiger partial charge in [0, 0.05) is 18.1 Å². The van der Waals surface area contributed by atoms with E-state index in [0.717, 1.165) is 11.9 Å². The lowest BCUT2D eigenvalue weighted by Gasteiger charge is -2.28. The predicted molar refractivity (Wildman–Crippen MR) is 64.0 cm³/mol. The van der Waals surface area contributed by atoms with Crippen molar-refractivity contribution >= 4 is 27.5 Å². The zero-order chi connectivity index (χ0) is 10.8. The highest BCUT2D eigenvalue weighted by Crippen LogP contribution is 2.28. The van der Waals surface area contributed by atoms with Crippen molar-refractivity contribution in [2.75, 3.05) is 5.33 Å². The van der Waals surface area contributed by atoms with Crippen LogP contribution in [0.5, 0.6) is 0 Å². The van der Waals surface area contributed by atoms with E-state index in [0.29, 0.717) is 10.9 Å². The Morgan fingerprint density at radius 1 is 1.57 bits per heavy atom. The number of nitrogens with zero attached hydrogens (tertiary/aromatic N) is 2. The van der Waals surface area contributed by atoms with Crippen LogP contribution in [0.2, 0.25) is 5.02 Å². The molecule has 1 aromatic rings. The van der Waals surface area contributed by atoms with Gasteiger partial charge in [-0.15, -0.1) is 0 Å². The van der Waals surface area contributed by atoms with E-state index in [1.54, 1.807) is 6.20 Å². The van der Waals surface area contributed by atoms with Gasteiger partial charge in [-0.2, -0.15) is 5.10 Å². The lowest BCUT2D eigenvalue weighted by Crippen LogP contribution is -2.26. The average molecular weight is 280 g/mol. The smallest absolute Gasteiger partial charge is 0.0785 e. The number of aromatic nitrogens is 2. The highest BCUT2D eigenvalue weighted by atomic mass is 79.9. The number of alkyl halides is 1. The van der Waals surface area contributed by atoms with Crippen LogP contribution in [-0.4, -0.2) is 15.1 Å². The molecule has 0 saturated carbocycles. The second kappa shape index (κ2) is 4.67. The minimum absolute atomic E-state index is 0.280. The first-order valence-electron chi connectivity index (χ1n) is 4.67. The maximum Gasteiger partial charge on any atom is 0.0785 e. The van der Waals surface area contributed by atoms with Gasteiger partial charge >= 0.3 is 0 Å². The minimum Gasteiger partial charge on any atom is -0.271 e. The molecule has 1 rings (SSSR count). The summed E-state index contributed by atoms with van der Waals surface area (Å²) in [5, 5.41) is 5.86. The molecule has 1 heterocycles. The largest absolute Gasteiger partial charge is 0.271 e. The van der Waals surface area contributed by atoms with Crippen LogP contribution >= 0.6 is 27.5 Å². The van der Waals surface area contributed by atoms with E-state index in [-0.39, 0.29) is 5.41 Å². The number of rotatable bonds is 3. The standard InChI is InChI=1S/C10H16BrClN2/c1-10(2,3)8(4-11)6-14-7-9(12)5-13-14/h5,7-8H,4,6H2,1-3H3. The SMILES string of the molecule is CC(C)(C)C(CBr)Cn1cc(Cl)cn1. The topological polar surface area (TPSA) is 17.8 Å². The zero-order valence-electron chi connectivity index (χ0n) is 8.80. The van der Waals surface area contributed by atoms with E-state index in [9.17, 15) is 0 Å². The highest BCUT2D eigenvalue weighted by Gasteiger charge is 2.24. The van der Waals surface area contributed by atoms with Gasteiger partial charge in [0.15, 0.2) is 0 Å². The number of halogens is 2. The monoisotopic (exact) mass is 278 g/mol. The summed E-state index contributed by atoms with van der Waals surface area (Å²) in [6.07, 6.45) is 3.54. The van der Waals surface area contributed by atoms with Crippen molar-refractivity contribution < 1.29 is 0 Å². The molecule has 1 unspecified atom stereocenters. The van der Waals surface area contributed by atoms with E-state index >= 15 is 0 Å². The van der Waals surface area contributed by atoms with Gasteiger partial charge in [-0.3, -0.25) is 4.68 Å².